The third kappa shape index (κ3) is 1.90. The van der Waals surface area contributed by atoms with Crippen molar-refractivity contribution in [2.45, 2.75) is 12.7 Å². The number of halogens is 1. The summed E-state index contributed by atoms with van der Waals surface area (Å²) in [5, 5.41) is 5.03. The molecule has 2 nitrogen and oxygen atoms in total. The number of aromatic nitrogens is 2. The molecule has 15 heavy (non-hydrogen) atoms. The van der Waals surface area contributed by atoms with Gasteiger partial charge in [0.2, 0.25) is 0 Å². The summed E-state index contributed by atoms with van der Waals surface area (Å²) < 4.78 is 1.74. The van der Waals surface area contributed by atoms with E-state index < -0.39 is 0 Å². The lowest BCUT2D eigenvalue weighted by Gasteiger charge is -2.02. The van der Waals surface area contributed by atoms with Crippen molar-refractivity contribution in [3.05, 3.63) is 46.7 Å². The van der Waals surface area contributed by atoms with Crippen molar-refractivity contribution in [3.63, 3.8) is 0 Å². The molecule has 1 heterocycles. The van der Waals surface area contributed by atoms with E-state index in [1.54, 1.807) is 4.68 Å². The Hall–Kier alpha value is -0.930. The Labute approximate surface area is 99.3 Å². The summed E-state index contributed by atoms with van der Waals surface area (Å²) in [4.78, 5) is 0. The van der Waals surface area contributed by atoms with Gasteiger partial charge in [-0.25, -0.2) is 4.68 Å². The van der Waals surface area contributed by atoms with E-state index in [9.17, 15) is 0 Å². The zero-order valence-corrected chi connectivity index (χ0v) is 9.96. The first-order valence-electron chi connectivity index (χ1n) is 4.64. The lowest BCUT2D eigenvalue weighted by atomic mass is 10.3. The Kier molecular flexibility index (Phi) is 3.03. The van der Waals surface area contributed by atoms with Crippen molar-refractivity contribution in [1.29, 1.82) is 0 Å². The molecular formula is C11H11ClN2S. The second-order valence-electron chi connectivity index (χ2n) is 3.26. The van der Waals surface area contributed by atoms with Crippen molar-refractivity contribution in [2.24, 2.45) is 0 Å². The maximum absolute atomic E-state index is 6.22. The summed E-state index contributed by atoms with van der Waals surface area (Å²) in [5.41, 5.74) is 2.89. The van der Waals surface area contributed by atoms with E-state index in [2.05, 4.69) is 17.7 Å². The molecular weight excluding hydrogens is 228 g/mol. The summed E-state index contributed by atoms with van der Waals surface area (Å²) in [6.07, 6.45) is 0. The van der Waals surface area contributed by atoms with Gasteiger partial charge in [-0.15, -0.1) is 0 Å². The van der Waals surface area contributed by atoms with Gasteiger partial charge in [0.1, 0.15) is 5.15 Å². The summed E-state index contributed by atoms with van der Waals surface area (Å²) in [7, 11) is 0. The number of nitrogens with zero attached hydrogens (tertiary/aromatic N) is 2. The fraction of sp³-hybridized carbons (Fsp3) is 0.182. The number of benzene rings is 1. The molecule has 0 radical (unpaired) electrons. The van der Waals surface area contributed by atoms with Crippen LogP contribution in [-0.4, -0.2) is 9.78 Å². The van der Waals surface area contributed by atoms with Crippen LogP contribution >= 0.6 is 24.2 Å². The number of hydrogen-bond acceptors (Lipinski definition) is 2. The predicted octanol–water partition coefficient (Wildman–Crippen LogP) is 3.26. The van der Waals surface area contributed by atoms with E-state index in [0.29, 0.717) is 10.9 Å². The van der Waals surface area contributed by atoms with E-state index in [1.165, 1.54) is 0 Å². The van der Waals surface area contributed by atoms with Gasteiger partial charge in [0.05, 0.1) is 11.4 Å². The molecule has 0 aliphatic rings. The largest absolute Gasteiger partial charge is 0.222 e. The Morgan fingerprint density at radius 1 is 1.33 bits per heavy atom. The monoisotopic (exact) mass is 238 g/mol. The van der Waals surface area contributed by atoms with Crippen LogP contribution in [0.3, 0.4) is 0 Å². The van der Waals surface area contributed by atoms with Gasteiger partial charge in [-0.2, -0.15) is 17.7 Å². The Bertz CT molecular complexity index is 465. The van der Waals surface area contributed by atoms with Gasteiger partial charge in [-0.3, -0.25) is 0 Å². The number of para-hydroxylation sites is 1. The minimum Gasteiger partial charge on any atom is -0.222 e. The van der Waals surface area contributed by atoms with Crippen molar-refractivity contribution in [2.75, 3.05) is 0 Å². The molecule has 0 aliphatic heterocycles. The Morgan fingerprint density at radius 2 is 2.00 bits per heavy atom. The molecule has 0 unspecified atom stereocenters. The lowest BCUT2D eigenvalue weighted by Crippen LogP contribution is -1.95. The zero-order chi connectivity index (χ0) is 10.8. The first kappa shape index (κ1) is 10.6. The van der Waals surface area contributed by atoms with Crippen molar-refractivity contribution >= 4 is 24.2 Å². The van der Waals surface area contributed by atoms with Crippen LogP contribution in [0.4, 0.5) is 0 Å². The Balaban J connectivity index is 2.55. The number of hydrogen-bond donors (Lipinski definition) is 1. The molecule has 2 aromatic rings. The molecule has 1 aromatic heterocycles. The minimum atomic E-state index is 0.609. The highest BCUT2D eigenvalue weighted by molar-refractivity contribution is 7.79. The molecule has 4 heteroatoms. The molecule has 0 saturated carbocycles. The van der Waals surface area contributed by atoms with Crippen LogP contribution in [-0.2, 0) is 5.75 Å². The Morgan fingerprint density at radius 3 is 2.53 bits per heavy atom. The van der Waals surface area contributed by atoms with Gasteiger partial charge >= 0.3 is 0 Å². The number of thiol groups is 1. The summed E-state index contributed by atoms with van der Waals surface area (Å²) in [5.74, 6) is 0.609. The molecule has 0 N–H and O–H groups in total. The third-order valence-corrected chi connectivity index (χ3v) is 2.99. The van der Waals surface area contributed by atoms with Crippen molar-refractivity contribution in [1.82, 2.24) is 9.78 Å². The number of rotatable bonds is 2. The molecule has 0 saturated heterocycles. The van der Waals surface area contributed by atoms with Crippen LogP contribution in [0.1, 0.15) is 11.3 Å². The number of aryl methyl sites for hydroxylation is 1. The van der Waals surface area contributed by atoms with Crippen molar-refractivity contribution < 1.29 is 0 Å². The molecule has 0 aliphatic carbocycles. The molecule has 0 atom stereocenters. The quantitative estimate of drug-likeness (QED) is 0.796. The van der Waals surface area contributed by atoms with Gasteiger partial charge in [-0.1, -0.05) is 29.8 Å². The second-order valence-corrected chi connectivity index (χ2v) is 3.93. The van der Waals surface area contributed by atoms with Gasteiger partial charge in [0, 0.05) is 11.3 Å². The molecule has 78 valence electrons. The van der Waals surface area contributed by atoms with Crippen LogP contribution in [0.15, 0.2) is 30.3 Å². The van der Waals surface area contributed by atoms with Crippen LogP contribution < -0.4 is 0 Å². The van der Waals surface area contributed by atoms with E-state index in [-0.39, 0.29) is 0 Å². The van der Waals surface area contributed by atoms with E-state index in [0.717, 1.165) is 16.9 Å². The summed E-state index contributed by atoms with van der Waals surface area (Å²) in [6, 6.07) is 9.83. The third-order valence-electron chi connectivity index (χ3n) is 2.28. The topological polar surface area (TPSA) is 17.8 Å². The molecule has 2 rings (SSSR count). The summed E-state index contributed by atoms with van der Waals surface area (Å²) >= 11 is 10.5. The van der Waals surface area contributed by atoms with Gasteiger partial charge in [0.25, 0.3) is 0 Å². The molecule has 0 fully saturated rings. The molecule has 0 amide bonds. The average molecular weight is 239 g/mol. The average Bonchev–Trinajstić information content (AvgIpc) is 2.55. The van der Waals surface area contributed by atoms with Crippen molar-refractivity contribution in [3.8, 4) is 5.69 Å². The maximum atomic E-state index is 6.22. The molecule has 0 spiro atoms. The van der Waals surface area contributed by atoms with Crippen LogP contribution in [0.2, 0.25) is 5.15 Å². The highest BCUT2D eigenvalue weighted by atomic mass is 35.5. The zero-order valence-electron chi connectivity index (χ0n) is 8.31. The van der Waals surface area contributed by atoms with Crippen LogP contribution in [0, 0.1) is 6.92 Å². The second kappa shape index (κ2) is 4.29. The highest BCUT2D eigenvalue weighted by Crippen LogP contribution is 2.24. The standard InChI is InChI=1S/C11H11ClN2S/c1-8-10(7-15)11(12)14(13-8)9-5-3-2-4-6-9/h2-6,15H,7H2,1H3. The predicted molar refractivity (Wildman–Crippen MR) is 66.0 cm³/mol. The lowest BCUT2D eigenvalue weighted by molar-refractivity contribution is 0.863. The van der Waals surface area contributed by atoms with Gasteiger partial charge in [-0.05, 0) is 19.1 Å². The molecule has 1 aromatic carbocycles. The van der Waals surface area contributed by atoms with E-state index >= 15 is 0 Å². The van der Waals surface area contributed by atoms with Gasteiger partial charge < -0.3 is 0 Å². The first-order valence-corrected chi connectivity index (χ1v) is 5.65. The fourth-order valence-electron chi connectivity index (χ4n) is 1.45. The fourth-order valence-corrected chi connectivity index (χ4v) is 2.26. The molecule has 0 bridgehead atoms. The van der Waals surface area contributed by atoms with Crippen LogP contribution in [0.25, 0.3) is 5.69 Å². The first-order chi connectivity index (χ1) is 7.24. The SMILES string of the molecule is Cc1nn(-c2ccccc2)c(Cl)c1CS. The minimum absolute atomic E-state index is 0.609. The van der Waals surface area contributed by atoms with E-state index in [4.69, 9.17) is 11.6 Å². The van der Waals surface area contributed by atoms with E-state index in [1.807, 2.05) is 37.3 Å². The highest BCUT2D eigenvalue weighted by Gasteiger charge is 2.12. The normalized spacial score (nSPS) is 10.6. The van der Waals surface area contributed by atoms with Crippen LogP contribution in [0.5, 0.6) is 0 Å². The maximum Gasteiger partial charge on any atom is 0.137 e. The van der Waals surface area contributed by atoms with Gasteiger partial charge in [0.15, 0.2) is 0 Å². The summed E-state index contributed by atoms with van der Waals surface area (Å²) in [6.45, 7) is 1.94. The smallest absolute Gasteiger partial charge is 0.137 e.